The summed E-state index contributed by atoms with van der Waals surface area (Å²) in [6.07, 6.45) is 3.75. The molecule has 1 aromatic carbocycles. The van der Waals surface area contributed by atoms with E-state index in [4.69, 9.17) is 9.47 Å². The third-order valence-corrected chi connectivity index (χ3v) is 3.84. The van der Waals surface area contributed by atoms with Crippen molar-refractivity contribution in [3.05, 3.63) is 30.1 Å². The number of likely N-dealkylation sites (tertiary alicyclic amines) is 1. The predicted octanol–water partition coefficient (Wildman–Crippen LogP) is 2.62. The number of halogens is 1. The Kier molecular flexibility index (Phi) is 5.99. The van der Waals surface area contributed by atoms with Gasteiger partial charge in [0.1, 0.15) is 18.2 Å². The zero-order valence-corrected chi connectivity index (χ0v) is 12.4. The average Bonchev–Trinajstić information content (AvgIpc) is 2.51. The second-order valence-electron chi connectivity index (χ2n) is 5.27. The molecular weight excluding hydrogens is 273 g/mol. The fraction of sp³-hybridized carbons (Fsp3) is 0.562. The van der Waals surface area contributed by atoms with Crippen molar-refractivity contribution in [3.8, 4) is 5.75 Å². The molecule has 1 atom stereocenters. The number of nitrogens with zero attached hydrogens (tertiary/aromatic N) is 1. The molecule has 1 aromatic rings. The van der Waals surface area contributed by atoms with Gasteiger partial charge in [0.05, 0.1) is 13.5 Å². The quantitative estimate of drug-likeness (QED) is 0.756. The van der Waals surface area contributed by atoms with Crippen molar-refractivity contribution < 1.29 is 18.7 Å². The van der Waals surface area contributed by atoms with Crippen LogP contribution in [-0.2, 0) is 9.53 Å². The summed E-state index contributed by atoms with van der Waals surface area (Å²) in [7, 11) is 1.42. The van der Waals surface area contributed by atoms with E-state index in [1.165, 1.54) is 19.2 Å². The summed E-state index contributed by atoms with van der Waals surface area (Å²) < 4.78 is 23.2. The van der Waals surface area contributed by atoms with E-state index in [0.717, 1.165) is 32.4 Å². The monoisotopic (exact) mass is 295 g/mol. The maximum absolute atomic E-state index is 12.8. The smallest absolute Gasteiger partial charge is 0.307 e. The van der Waals surface area contributed by atoms with Crippen molar-refractivity contribution in [2.24, 2.45) is 0 Å². The standard InChI is InChI=1S/C16H22FNO3/c1-20-16(19)12-14-4-2-3-9-18(14)10-11-21-15-7-5-13(17)6-8-15/h5-8,14H,2-4,9-12H2,1H3. The molecule has 0 bridgehead atoms. The number of hydrogen-bond acceptors (Lipinski definition) is 4. The van der Waals surface area contributed by atoms with Gasteiger partial charge in [-0.3, -0.25) is 9.69 Å². The van der Waals surface area contributed by atoms with Crippen molar-refractivity contribution in [3.63, 3.8) is 0 Å². The van der Waals surface area contributed by atoms with Crippen LogP contribution in [0.3, 0.4) is 0 Å². The van der Waals surface area contributed by atoms with Gasteiger partial charge in [-0.2, -0.15) is 0 Å². The molecule has 0 amide bonds. The summed E-state index contributed by atoms with van der Waals surface area (Å²) in [6, 6.07) is 6.25. The van der Waals surface area contributed by atoms with Crippen LogP contribution in [-0.4, -0.2) is 43.7 Å². The first-order valence-electron chi connectivity index (χ1n) is 7.38. The molecule has 5 heteroatoms. The molecule has 0 spiro atoms. The highest BCUT2D eigenvalue weighted by Crippen LogP contribution is 2.20. The highest BCUT2D eigenvalue weighted by molar-refractivity contribution is 5.69. The molecule has 21 heavy (non-hydrogen) atoms. The SMILES string of the molecule is COC(=O)CC1CCCCN1CCOc1ccc(F)cc1. The Hall–Kier alpha value is -1.62. The first kappa shape index (κ1) is 15.8. The highest BCUT2D eigenvalue weighted by atomic mass is 19.1. The van der Waals surface area contributed by atoms with E-state index in [-0.39, 0.29) is 17.8 Å². The lowest BCUT2D eigenvalue weighted by Crippen LogP contribution is -2.43. The van der Waals surface area contributed by atoms with Gasteiger partial charge in [0.2, 0.25) is 0 Å². The zero-order valence-electron chi connectivity index (χ0n) is 12.4. The molecule has 0 radical (unpaired) electrons. The number of ether oxygens (including phenoxy) is 2. The summed E-state index contributed by atoms with van der Waals surface area (Å²) in [5, 5.41) is 0. The van der Waals surface area contributed by atoms with Gasteiger partial charge in [-0.05, 0) is 43.7 Å². The van der Waals surface area contributed by atoms with E-state index in [1.54, 1.807) is 12.1 Å². The van der Waals surface area contributed by atoms with Gasteiger partial charge in [-0.1, -0.05) is 6.42 Å². The third-order valence-electron chi connectivity index (χ3n) is 3.84. The van der Waals surface area contributed by atoms with E-state index in [2.05, 4.69) is 4.90 Å². The largest absolute Gasteiger partial charge is 0.492 e. The van der Waals surface area contributed by atoms with E-state index >= 15 is 0 Å². The molecule has 1 aliphatic heterocycles. The minimum absolute atomic E-state index is 0.161. The zero-order chi connectivity index (χ0) is 15.1. The van der Waals surface area contributed by atoms with E-state index in [1.807, 2.05) is 0 Å². The first-order valence-corrected chi connectivity index (χ1v) is 7.38. The molecular formula is C16H22FNO3. The summed E-state index contributed by atoms with van der Waals surface area (Å²) >= 11 is 0. The molecule has 0 N–H and O–H groups in total. The van der Waals surface area contributed by atoms with Gasteiger partial charge in [0, 0.05) is 12.6 Å². The van der Waals surface area contributed by atoms with Crippen molar-refractivity contribution in [2.75, 3.05) is 26.8 Å². The first-order chi connectivity index (χ1) is 10.2. The average molecular weight is 295 g/mol. The number of carbonyl (C=O) groups excluding carboxylic acids is 1. The Balaban J connectivity index is 1.79. The molecule has 1 saturated heterocycles. The highest BCUT2D eigenvalue weighted by Gasteiger charge is 2.24. The minimum Gasteiger partial charge on any atom is -0.492 e. The topological polar surface area (TPSA) is 38.8 Å². The van der Waals surface area contributed by atoms with E-state index in [0.29, 0.717) is 18.8 Å². The van der Waals surface area contributed by atoms with Crippen molar-refractivity contribution in [1.82, 2.24) is 4.90 Å². The molecule has 2 rings (SSSR count). The maximum atomic E-state index is 12.8. The lowest BCUT2D eigenvalue weighted by Gasteiger charge is -2.34. The molecule has 1 heterocycles. The Morgan fingerprint density at radius 2 is 2.10 bits per heavy atom. The number of benzene rings is 1. The number of carbonyl (C=O) groups is 1. The molecule has 116 valence electrons. The van der Waals surface area contributed by atoms with Gasteiger partial charge in [0.25, 0.3) is 0 Å². The van der Waals surface area contributed by atoms with Crippen LogP contribution in [0.15, 0.2) is 24.3 Å². The van der Waals surface area contributed by atoms with Crippen LogP contribution in [0.5, 0.6) is 5.75 Å². The van der Waals surface area contributed by atoms with Gasteiger partial charge >= 0.3 is 5.97 Å². The minimum atomic E-state index is -0.267. The fourth-order valence-electron chi connectivity index (χ4n) is 2.67. The van der Waals surface area contributed by atoms with Crippen LogP contribution in [0.1, 0.15) is 25.7 Å². The molecule has 1 aliphatic rings. The van der Waals surface area contributed by atoms with Gasteiger partial charge in [-0.25, -0.2) is 4.39 Å². The summed E-state index contributed by atoms with van der Waals surface area (Å²) in [6.45, 7) is 2.27. The molecule has 1 unspecified atom stereocenters. The maximum Gasteiger partial charge on any atom is 0.307 e. The van der Waals surface area contributed by atoms with E-state index in [9.17, 15) is 9.18 Å². The van der Waals surface area contributed by atoms with Crippen molar-refractivity contribution in [2.45, 2.75) is 31.7 Å². The van der Waals surface area contributed by atoms with Crippen LogP contribution in [0, 0.1) is 5.82 Å². The van der Waals surface area contributed by atoms with Gasteiger partial charge in [0.15, 0.2) is 0 Å². The molecule has 4 nitrogen and oxygen atoms in total. The predicted molar refractivity (Wildman–Crippen MR) is 77.7 cm³/mol. The van der Waals surface area contributed by atoms with Crippen LogP contribution < -0.4 is 4.74 Å². The molecule has 0 aliphatic carbocycles. The van der Waals surface area contributed by atoms with Crippen molar-refractivity contribution in [1.29, 1.82) is 0 Å². The Morgan fingerprint density at radius 1 is 1.33 bits per heavy atom. The number of piperidine rings is 1. The van der Waals surface area contributed by atoms with Crippen molar-refractivity contribution >= 4 is 5.97 Å². The van der Waals surface area contributed by atoms with Gasteiger partial charge < -0.3 is 9.47 Å². The number of rotatable bonds is 6. The second-order valence-corrected chi connectivity index (χ2v) is 5.27. The lowest BCUT2D eigenvalue weighted by molar-refractivity contribution is -0.142. The molecule has 1 fully saturated rings. The Morgan fingerprint density at radius 3 is 2.81 bits per heavy atom. The normalized spacial score (nSPS) is 19.2. The van der Waals surface area contributed by atoms with Crippen LogP contribution in [0.4, 0.5) is 4.39 Å². The van der Waals surface area contributed by atoms with Crippen LogP contribution in [0.2, 0.25) is 0 Å². The summed E-state index contributed by atoms with van der Waals surface area (Å²) in [4.78, 5) is 13.7. The lowest BCUT2D eigenvalue weighted by atomic mass is 9.99. The number of hydrogen-bond donors (Lipinski definition) is 0. The van der Waals surface area contributed by atoms with Crippen LogP contribution in [0.25, 0.3) is 0 Å². The third kappa shape index (κ3) is 5.01. The van der Waals surface area contributed by atoms with E-state index < -0.39 is 0 Å². The summed E-state index contributed by atoms with van der Waals surface area (Å²) in [5.41, 5.74) is 0. The molecule has 0 aromatic heterocycles. The fourth-order valence-corrected chi connectivity index (χ4v) is 2.67. The number of methoxy groups -OCH3 is 1. The van der Waals surface area contributed by atoms with Gasteiger partial charge in [-0.15, -0.1) is 0 Å². The number of esters is 1. The second kappa shape index (κ2) is 7.98. The Labute approximate surface area is 124 Å². The Bertz CT molecular complexity index is 449. The summed E-state index contributed by atoms with van der Waals surface area (Å²) in [5.74, 6) is 0.237. The molecule has 0 saturated carbocycles. The van der Waals surface area contributed by atoms with Crippen LogP contribution >= 0.6 is 0 Å².